The summed E-state index contributed by atoms with van der Waals surface area (Å²) < 4.78 is 0. The standard InChI is InChI=1S/C45H61N9O7/c1-5-13-31(36(55)41(59)48-30-19-20-30)49-39(57)34-24-45(53-23-12-18-33(53)42(60)54(45)26-28-14-8-6-9-15-28)27-52(34)43(61)37(44(2,3)4)51-40(58)35(29-16-10-7-11-17-29)50-38(56)32-25-46-21-22-47-32/h6,8-9,14-15,21-22,25,29-31,33-35,37H,5,7,10-13,16-20,23-24,26-27H2,1-4H3,(H,48,59)(H,49,57)(H,50,56)(H,51,58)/t31?,33-,34-,35-,37+,45?/m0/s1. The molecular weight excluding hydrogens is 779 g/mol. The van der Waals surface area contributed by atoms with Gasteiger partial charge in [0.1, 0.15) is 29.5 Å². The molecule has 1 aromatic heterocycles. The van der Waals surface area contributed by atoms with Gasteiger partial charge in [0, 0.05) is 37.9 Å². The molecule has 1 aromatic carbocycles. The molecule has 16 heteroatoms. The second kappa shape index (κ2) is 18.4. The topological polar surface area (TPSA) is 203 Å². The Morgan fingerprint density at radius 2 is 1.64 bits per heavy atom. The number of ketones is 1. The Balaban J connectivity index is 1.22. The van der Waals surface area contributed by atoms with Crippen molar-refractivity contribution >= 4 is 41.2 Å². The van der Waals surface area contributed by atoms with E-state index in [4.69, 9.17) is 0 Å². The molecule has 5 fully saturated rings. The number of carbonyl (C=O) groups excluding carboxylic acids is 7. The van der Waals surface area contributed by atoms with E-state index in [0.29, 0.717) is 32.2 Å². The van der Waals surface area contributed by atoms with Crippen LogP contribution in [0.15, 0.2) is 48.9 Å². The fourth-order valence-electron chi connectivity index (χ4n) is 9.80. The maximum Gasteiger partial charge on any atom is 0.289 e. The highest BCUT2D eigenvalue weighted by Gasteiger charge is 2.64. The van der Waals surface area contributed by atoms with Gasteiger partial charge in [0.15, 0.2) is 0 Å². The van der Waals surface area contributed by atoms with Gasteiger partial charge >= 0.3 is 0 Å². The smallest absolute Gasteiger partial charge is 0.289 e. The quantitative estimate of drug-likeness (QED) is 0.193. The molecule has 4 N–H and O–H groups in total. The molecule has 2 saturated carbocycles. The highest BCUT2D eigenvalue weighted by atomic mass is 16.2. The van der Waals surface area contributed by atoms with E-state index in [1.165, 1.54) is 23.5 Å². The summed E-state index contributed by atoms with van der Waals surface area (Å²) in [4.78, 5) is 113. The third-order valence-corrected chi connectivity index (χ3v) is 13.2. The van der Waals surface area contributed by atoms with Gasteiger partial charge in [0.2, 0.25) is 29.4 Å². The summed E-state index contributed by atoms with van der Waals surface area (Å²) in [5.41, 5.74) is -0.995. The van der Waals surface area contributed by atoms with Crippen LogP contribution in [0, 0.1) is 11.3 Å². The number of hydrogen-bond donors (Lipinski definition) is 4. The molecule has 0 bridgehead atoms. The van der Waals surface area contributed by atoms with Crippen molar-refractivity contribution in [2.24, 2.45) is 11.3 Å². The minimum atomic E-state index is -1.17. The first-order valence-electron chi connectivity index (χ1n) is 22.2. The fraction of sp³-hybridized carbons (Fsp3) is 0.622. The summed E-state index contributed by atoms with van der Waals surface area (Å²) in [6.45, 7) is 8.17. The van der Waals surface area contributed by atoms with Gasteiger partial charge in [-0.05, 0) is 61.8 Å². The van der Waals surface area contributed by atoms with E-state index in [1.54, 1.807) is 0 Å². The number of likely N-dealkylation sites (tertiary alicyclic amines) is 1. The van der Waals surface area contributed by atoms with Crippen LogP contribution in [0.25, 0.3) is 0 Å². The lowest BCUT2D eigenvalue weighted by Crippen LogP contribution is -2.62. The van der Waals surface area contributed by atoms with Gasteiger partial charge in [0.05, 0.1) is 24.8 Å². The molecule has 16 nitrogen and oxygen atoms in total. The predicted molar refractivity (Wildman–Crippen MR) is 224 cm³/mol. The lowest BCUT2D eigenvalue weighted by Gasteiger charge is -2.41. The predicted octanol–water partition coefficient (Wildman–Crippen LogP) is 2.62. The van der Waals surface area contributed by atoms with Crippen LogP contribution in [0.4, 0.5) is 0 Å². The van der Waals surface area contributed by atoms with E-state index in [0.717, 1.165) is 44.1 Å². The number of amides is 6. The average molecular weight is 840 g/mol. The largest absolute Gasteiger partial charge is 0.347 e. The summed E-state index contributed by atoms with van der Waals surface area (Å²) in [6.07, 6.45) is 12.2. The van der Waals surface area contributed by atoms with Crippen LogP contribution in [0.3, 0.4) is 0 Å². The normalized spacial score (nSPS) is 24.5. The molecule has 2 unspecified atom stereocenters. The maximum absolute atomic E-state index is 15.4. The Bertz CT molecular complexity index is 1970. The monoisotopic (exact) mass is 839 g/mol. The SMILES string of the molecule is CCCC(NC(=O)[C@@H]1CC2(CN1C(=O)[C@@H](NC(=O)[C@@H](NC(=O)c1cnccn1)C1CCCCC1)C(C)(C)C)N(Cc1ccccc1)C(=O)[C@@H]1CCCN12)C(=O)C(=O)NC1CC1. The van der Waals surface area contributed by atoms with E-state index in [-0.39, 0.29) is 49.5 Å². The number of rotatable bonds is 15. The van der Waals surface area contributed by atoms with Gasteiger partial charge in [0.25, 0.3) is 11.8 Å². The zero-order chi connectivity index (χ0) is 43.5. The lowest BCUT2D eigenvalue weighted by molar-refractivity contribution is -0.145. The Morgan fingerprint density at radius 1 is 0.902 bits per heavy atom. The minimum absolute atomic E-state index is 0.0224. The zero-order valence-electron chi connectivity index (χ0n) is 35.9. The van der Waals surface area contributed by atoms with Gasteiger partial charge in [-0.3, -0.25) is 43.4 Å². The zero-order valence-corrected chi connectivity index (χ0v) is 35.9. The van der Waals surface area contributed by atoms with Crippen LogP contribution in [0.2, 0.25) is 0 Å². The van der Waals surface area contributed by atoms with Crippen LogP contribution >= 0.6 is 0 Å². The van der Waals surface area contributed by atoms with Crippen molar-refractivity contribution < 1.29 is 33.6 Å². The van der Waals surface area contributed by atoms with Crippen molar-refractivity contribution in [1.29, 1.82) is 0 Å². The molecule has 6 amide bonds. The van der Waals surface area contributed by atoms with E-state index in [1.807, 2.05) is 62.9 Å². The molecule has 61 heavy (non-hydrogen) atoms. The number of nitrogens with zero attached hydrogens (tertiary/aromatic N) is 5. The van der Waals surface area contributed by atoms with E-state index in [2.05, 4.69) is 36.1 Å². The maximum atomic E-state index is 15.4. The number of hydrogen-bond acceptors (Lipinski definition) is 10. The Kier molecular flexibility index (Phi) is 13.2. The Labute approximate surface area is 357 Å². The van der Waals surface area contributed by atoms with Crippen LogP contribution < -0.4 is 21.3 Å². The van der Waals surface area contributed by atoms with Crippen molar-refractivity contribution in [2.75, 3.05) is 13.1 Å². The molecule has 328 valence electrons. The van der Waals surface area contributed by atoms with E-state index < -0.39 is 76.6 Å². The summed E-state index contributed by atoms with van der Waals surface area (Å²) in [6, 6.07) is 4.69. The van der Waals surface area contributed by atoms with Gasteiger partial charge in [-0.25, -0.2) is 4.98 Å². The Morgan fingerprint density at radius 3 is 2.30 bits per heavy atom. The van der Waals surface area contributed by atoms with Gasteiger partial charge in [-0.15, -0.1) is 0 Å². The summed E-state index contributed by atoms with van der Waals surface area (Å²) >= 11 is 0. The van der Waals surface area contributed by atoms with Crippen molar-refractivity contribution in [3.05, 3.63) is 60.2 Å². The molecular formula is C45H61N9O7. The second-order valence-corrected chi connectivity index (χ2v) is 18.6. The van der Waals surface area contributed by atoms with Gasteiger partial charge in [-0.1, -0.05) is 83.7 Å². The van der Waals surface area contributed by atoms with Gasteiger partial charge in [-0.2, -0.15) is 0 Å². The lowest BCUT2D eigenvalue weighted by atomic mass is 9.82. The fourth-order valence-corrected chi connectivity index (χ4v) is 9.80. The highest BCUT2D eigenvalue weighted by Crippen LogP contribution is 2.47. The van der Waals surface area contributed by atoms with E-state index >= 15 is 4.79 Å². The number of aromatic nitrogens is 2. The molecule has 2 aromatic rings. The first-order valence-corrected chi connectivity index (χ1v) is 22.2. The number of benzene rings is 1. The first-order chi connectivity index (χ1) is 29.2. The molecule has 6 atom stereocenters. The summed E-state index contributed by atoms with van der Waals surface area (Å²) in [5.74, 6) is -3.96. The highest BCUT2D eigenvalue weighted by molar-refractivity contribution is 6.38. The van der Waals surface area contributed by atoms with Crippen LogP contribution in [-0.4, -0.2) is 121 Å². The molecule has 2 aliphatic carbocycles. The van der Waals surface area contributed by atoms with Crippen molar-refractivity contribution in [1.82, 2.24) is 45.9 Å². The number of Topliss-reactive ketones (excluding diaryl/α,β-unsaturated/α-hetero) is 1. The first kappa shape index (κ1) is 43.8. The third kappa shape index (κ3) is 9.48. The molecule has 1 spiro atoms. The van der Waals surface area contributed by atoms with Gasteiger partial charge < -0.3 is 31.1 Å². The molecule has 3 aliphatic heterocycles. The van der Waals surface area contributed by atoms with E-state index in [9.17, 15) is 28.8 Å². The summed E-state index contributed by atoms with van der Waals surface area (Å²) in [5, 5.41) is 11.5. The van der Waals surface area contributed by atoms with Crippen LogP contribution in [0.1, 0.15) is 121 Å². The van der Waals surface area contributed by atoms with Crippen molar-refractivity contribution in [3.8, 4) is 0 Å². The number of nitrogens with one attached hydrogen (secondary N) is 4. The molecule has 5 aliphatic rings. The number of carbonyl (C=O) groups is 7. The number of fused-ring (bicyclic) bond motifs is 2. The van der Waals surface area contributed by atoms with Crippen molar-refractivity contribution in [2.45, 2.75) is 153 Å². The molecule has 4 heterocycles. The van der Waals surface area contributed by atoms with Crippen molar-refractivity contribution in [3.63, 3.8) is 0 Å². The van der Waals surface area contributed by atoms with Crippen LogP contribution in [0.5, 0.6) is 0 Å². The molecule has 0 radical (unpaired) electrons. The minimum Gasteiger partial charge on any atom is -0.347 e. The summed E-state index contributed by atoms with van der Waals surface area (Å²) in [7, 11) is 0. The average Bonchev–Trinajstić information content (AvgIpc) is 3.68. The molecule has 3 saturated heterocycles. The third-order valence-electron chi connectivity index (χ3n) is 13.2. The second-order valence-electron chi connectivity index (χ2n) is 18.6. The Hall–Kier alpha value is -5.25. The van der Waals surface area contributed by atoms with Crippen LogP contribution in [-0.2, 0) is 35.3 Å². The molecule has 7 rings (SSSR count).